The zero-order valence-electron chi connectivity index (χ0n) is 7.44. The molecule has 0 bridgehead atoms. The summed E-state index contributed by atoms with van der Waals surface area (Å²) in [6, 6.07) is 0. The number of esters is 1. The van der Waals surface area contributed by atoms with Gasteiger partial charge in [0.2, 0.25) is 5.76 Å². The second-order valence-corrected chi connectivity index (χ2v) is 2.65. The Kier molecular flexibility index (Phi) is 6.17. The van der Waals surface area contributed by atoms with Gasteiger partial charge in [-0.15, -0.1) is 0 Å². The van der Waals surface area contributed by atoms with Crippen molar-refractivity contribution in [2.75, 3.05) is 6.61 Å². The van der Waals surface area contributed by atoms with Crippen molar-refractivity contribution in [3.8, 4) is 0 Å². The maximum Gasteiger partial charge on any atom is 0.374 e. The summed E-state index contributed by atoms with van der Waals surface area (Å²) in [5.74, 6) is -1.09. The first kappa shape index (κ1) is 12.1. The van der Waals surface area contributed by atoms with E-state index >= 15 is 0 Å². The lowest BCUT2D eigenvalue weighted by atomic mass is 10.4. The molecule has 0 saturated heterocycles. The second kappa shape index (κ2) is 6.62. The van der Waals surface area contributed by atoms with E-state index in [1.807, 2.05) is 6.92 Å². The normalized spacial score (nSPS) is 13.6. The predicted molar refractivity (Wildman–Crippen MR) is 45.0 cm³/mol. The zero-order valence-corrected chi connectivity index (χ0v) is 8.26. The van der Waals surface area contributed by atoms with Crippen molar-refractivity contribution in [2.45, 2.75) is 20.3 Å². The number of hydrogen-bond donors (Lipinski definition) is 0. The fraction of sp³-hybridized carbons (Fsp3) is 0.571. The summed E-state index contributed by atoms with van der Waals surface area (Å²) in [6.45, 7) is 3.55. The lowest BCUT2D eigenvalue weighted by molar-refractivity contribution is -0.141. The molecule has 1 atom stereocenters. The van der Waals surface area contributed by atoms with Crippen molar-refractivity contribution in [3.63, 3.8) is 0 Å². The van der Waals surface area contributed by atoms with Gasteiger partial charge in [0.05, 0.1) is 6.61 Å². The summed E-state index contributed by atoms with van der Waals surface area (Å²) in [7, 11) is 0. The van der Waals surface area contributed by atoms with Gasteiger partial charge >= 0.3 is 5.97 Å². The Morgan fingerprint density at radius 2 is 2.23 bits per heavy atom. The van der Waals surface area contributed by atoms with Crippen LogP contribution in [0.15, 0.2) is 11.8 Å². The summed E-state index contributed by atoms with van der Waals surface area (Å²) in [4.78, 5) is 11.0. The van der Waals surface area contributed by atoms with E-state index in [9.17, 15) is 13.6 Å². The van der Waals surface area contributed by atoms with Crippen LogP contribution in [0.2, 0.25) is 0 Å². The fourth-order valence-corrected chi connectivity index (χ4v) is 0.850. The van der Waals surface area contributed by atoms with E-state index in [-0.39, 0.29) is 12.4 Å². The predicted octanol–water partition coefficient (Wildman–Crippen LogP) is 0.654. The van der Waals surface area contributed by atoms with Crippen LogP contribution in [0.3, 0.4) is 0 Å². The molecule has 13 heavy (non-hydrogen) atoms. The number of hydrogen-bond acceptors (Lipinski definition) is 5. The number of ether oxygens (including phenoxy) is 1. The minimum Gasteiger partial charge on any atom is -0.740 e. The molecule has 6 heteroatoms. The Bertz CT molecular complexity index is 223. The molecule has 0 rings (SSSR count). The monoisotopic (exact) mass is 207 g/mol. The molecule has 0 aromatic heterocycles. The van der Waals surface area contributed by atoms with Crippen molar-refractivity contribution in [1.29, 1.82) is 0 Å². The van der Waals surface area contributed by atoms with E-state index in [0.717, 1.165) is 0 Å². The van der Waals surface area contributed by atoms with Crippen LogP contribution >= 0.6 is 0 Å². The Hall–Kier alpha value is -0.880. The highest BCUT2D eigenvalue weighted by molar-refractivity contribution is 7.74. The lowest BCUT2D eigenvalue weighted by Crippen LogP contribution is -2.12. The first-order valence-corrected chi connectivity index (χ1v) is 4.72. The minimum atomic E-state index is -2.74. The topological polar surface area (TPSA) is 75.7 Å². The Labute approximate surface area is 79.2 Å². The third-order valence-electron chi connectivity index (χ3n) is 1.06. The van der Waals surface area contributed by atoms with Crippen LogP contribution in [0, 0.1) is 0 Å². The smallest absolute Gasteiger partial charge is 0.374 e. The highest BCUT2D eigenvalue weighted by Gasteiger charge is 2.11. The van der Waals surface area contributed by atoms with Crippen LogP contribution in [-0.2, 0) is 25.1 Å². The number of carbonyl (C=O) groups excluding carboxylic acids is 1. The van der Waals surface area contributed by atoms with Crippen molar-refractivity contribution >= 4 is 17.3 Å². The molecule has 0 fully saturated rings. The SMILES string of the molecule is CC=C(OS(=O)[O-])C(=O)OCCC. The Morgan fingerprint density at radius 1 is 1.62 bits per heavy atom. The number of rotatable bonds is 5. The van der Waals surface area contributed by atoms with Crippen LogP contribution in [-0.4, -0.2) is 21.3 Å². The molecule has 0 spiro atoms. The zero-order chi connectivity index (χ0) is 10.3. The molecule has 76 valence electrons. The summed E-state index contributed by atoms with van der Waals surface area (Å²) in [5, 5.41) is 0. The standard InChI is InChI=1S/C7H12O5S/c1-3-5-11-7(8)6(4-2)12-13(9)10/h4H,3,5H2,1-2H3,(H,9,10)/p-1. The maximum absolute atomic E-state index is 11.0. The van der Waals surface area contributed by atoms with Crippen LogP contribution < -0.4 is 0 Å². The average Bonchev–Trinajstić information content (AvgIpc) is 2.09. The third-order valence-corrected chi connectivity index (χ3v) is 1.37. The molecule has 0 heterocycles. The molecule has 1 unspecified atom stereocenters. The van der Waals surface area contributed by atoms with Gasteiger partial charge in [-0.3, -0.25) is 0 Å². The highest BCUT2D eigenvalue weighted by atomic mass is 32.2. The summed E-state index contributed by atoms with van der Waals surface area (Å²) < 4.78 is 29.0. The lowest BCUT2D eigenvalue weighted by Gasteiger charge is -2.09. The second-order valence-electron chi connectivity index (χ2n) is 2.08. The van der Waals surface area contributed by atoms with Gasteiger partial charge in [0.15, 0.2) is 0 Å². The van der Waals surface area contributed by atoms with Crippen LogP contribution in [0.1, 0.15) is 20.3 Å². The third kappa shape index (κ3) is 5.37. The fourth-order valence-electron chi connectivity index (χ4n) is 0.539. The van der Waals surface area contributed by atoms with Crippen molar-refractivity contribution in [3.05, 3.63) is 11.8 Å². The van der Waals surface area contributed by atoms with E-state index in [1.54, 1.807) is 0 Å². The van der Waals surface area contributed by atoms with Crippen molar-refractivity contribution in [1.82, 2.24) is 0 Å². The van der Waals surface area contributed by atoms with E-state index < -0.39 is 17.3 Å². The average molecular weight is 207 g/mol. The van der Waals surface area contributed by atoms with Crippen LogP contribution in [0.4, 0.5) is 0 Å². The van der Waals surface area contributed by atoms with Gasteiger partial charge in [-0.1, -0.05) is 6.92 Å². The van der Waals surface area contributed by atoms with Crippen molar-refractivity contribution in [2.24, 2.45) is 0 Å². The molecule has 0 aliphatic heterocycles. The van der Waals surface area contributed by atoms with Gasteiger partial charge in [0.1, 0.15) is 11.4 Å². The van der Waals surface area contributed by atoms with Gasteiger partial charge in [-0.2, -0.15) is 0 Å². The van der Waals surface area contributed by atoms with Crippen molar-refractivity contribution < 1.29 is 22.5 Å². The van der Waals surface area contributed by atoms with Gasteiger partial charge in [-0.05, 0) is 19.4 Å². The molecule has 0 aliphatic carbocycles. The Balaban J connectivity index is 4.09. The summed E-state index contributed by atoms with van der Waals surface area (Å²) in [5.41, 5.74) is 0. The van der Waals surface area contributed by atoms with Gasteiger partial charge in [0.25, 0.3) is 0 Å². The first-order valence-electron chi connectivity index (χ1n) is 3.72. The molecule has 0 saturated carbocycles. The summed E-state index contributed by atoms with van der Waals surface area (Å²) >= 11 is -2.74. The molecule has 0 radical (unpaired) electrons. The molecule has 0 aliphatic rings. The molecular weight excluding hydrogens is 196 g/mol. The van der Waals surface area contributed by atoms with E-state index in [1.165, 1.54) is 13.0 Å². The van der Waals surface area contributed by atoms with E-state index in [0.29, 0.717) is 6.42 Å². The number of carbonyl (C=O) groups is 1. The largest absolute Gasteiger partial charge is 0.740 e. The molecule has 0 aromatic carbocycles. The summed E-state index contributed by atoms with van der Waals surface area (Å²) in [6.07, 6.45) is 1.90. The number of allylic oxidation sites excluding steroid dienone is 1. The maximum atomic E-state index is 11.0. The molecule has 0 aromatic rings. The van der Waals surface area contributed by atoms with Crippen LogP contribution in [0.25, 0.3) is 0 Å². The van der Waals surface area contributed by atoms with E-state index in [2.05, 4.69) is 8.92 Å². The van der Waals surface area contributed by atoms with Gasteiger partial charge < -0.3 is 13.5 Å². The van der Waals surface area contributed by atoms with Gasteiger partial charge in [0, 0.05) is 0 Å². The quantitative estimate of drug-likeness (QED) is 0.286. The van der Waals surface area contributed by atoms with E-state index in [4.69, 9.17) is 0 Å². The minimum absolute atomic E-state index is 0.241. The Morgan fingerprint density at radius 3 is 2.62 bits per heavy atom. The highest BCUT2D eigenvalue weighted by Crippen LogP contribution is 2.02. The molecule has 0 N–H and O–H groups in total. The first-order chi connectivity index (χ1) is 6.11. The van der Waals surface area contributed by atoms with Crippen LogP contribution in [0.5, 0.6) is 0 Å². The van der Waals surface area contributed by atoms with Gasteiger partial charge in [-0.25, -0.2) is 9.00 Å². The molecule has 0 amide bonds. The molecular formula is C7H11O5S-. The molecule has 5 nitrogen and oxygen atoms in total.